The third-order valence-corrected chi connectivity index (χ3v) is 7.70. The number of rotatable bonds is 6. The minimum Gasteiger partial charge on any atom is -0.207 e. The molecule has 4 unspecified atom stereocenters. The fraction of sp³-hybridized carbons (Fsp3) is 0.448. The van der Waals surface area contributed by atoms with Gasteiger partial charge in [-0.25, -0.2) is 13.2 Å². The Bertz CT molecular complexity index is 967. The van der Waals surface area contributed by atoms with E-state index in [0.717, 1.165) is 24.3 Å². The van der Waals surface area contributed by atoms with Gasteiger partial charge in [-0.15, -0.1) is 6.58 Å². The quantitative estimate of drug-likeness (QED) is 0.395. The summed E-state index contributed by atoms with van der Waals surface area (Å²) >= 11 is 0. The van der Waals surface area contributed by atoms with E-state index in [-0.39, 0.29) is 16.7 Å². The largest absolute Gasteiger partial charge is 0.207 e. The second-order valence-corrected chi connectivity index (χ2v) is 9.60. The molecule has 32 heavy (non-hydrogen) atoms. The highest BCUT2D eigenvalue weighted by atomic mass is 19.1. The zero-order valence-electron chi connectivity index (χ0n) is 18.9. The lowest BCUT2D eigenvalue weighted by Crippen LogP contribution is -2.29. The summed E-state index contributed by atoms with van der Waals surface area (Å²) in [5, 5.41) is 0. The van der Waals surface area contributed by atoms with E-state index in [0.29, 0.717) is 30.6 Å². The molecule has 0 spiro atoms. The van der Waals surface area contributed by atoms with Crippen LogP contribution in [0.2, 0.25) is 0 Å². The van der Waals surface area contributed by atoms with Crippen molar-refractivity contribution >= 4 is 0 Å². The van der Waals surface area contributed by atoms with Gasteiger partial charge in [0.05, 0.1) is 0 Å². The summed E-state index contributed by atoms with van der Waals surface area (Å²) in [6, 6.07) is 7.75. The highest BCUT2D eigenvalue weighted by Crippen LogP contribution is 2.48. The number of benzene rings is 2. The fourth-order valence-electron chi connectivity index (χ4n) is 5.85. The molecular formula is C29H33F3. The lowest BCUT2D eigenvalue weighted by Gasteiger charge is -2.41. The standard InChI is InChI=1S/C29H33F3/c1-3-5-6-7-26-28(31)17-24(18-29(26)32)25-13-12-23(16-27(25)30)22-11-10-20-14-19(4-2)8-9-21(20)15-22/h3-5,12-13,16-22H,2,6-11,14-15H2,1H3/b5-3+. The Balaban J connectivity index is 1.50. The molecule has 0 aromatic heterocycles. The summed E-state index contributed by atoms with van der Waals surface area (Å²) in [5.41, 5.74) is 1.59. The van der Waals surface area contributed by atoms with E-state index in [1.807, 2.05) is 25.1 Å². The van der Waals surface area contributed by atoms with Crippen molar-refractivity contribution in [2.75, 3.05) is 0 Å². The van der Waals surface area contributed by atoms with Crippen LogP contribution in [0.1, 0.15) is 68.9 Å². The summed E-state index contributed by atoms with van der Waals surface area (Å²) in [6.45, 7) is 5.84. The Kier molecular flexibility index (Phi) is 7.23. The van der Waals surface area contributed by atoms with Gasteiger partial charge in [-0.05, 0) is 111 Å². The minimum absolute atomic E-state index is 0.0619. The molecule has 2 aromatic rings. The molecule has 0 amide bonds. The molecule has 2 aromatic carbocycles. The average Bonchev–Trinajstić information content (AvgIpc) is 2.80. The van der Waals surface area contributed by atoms with Crippen LogP contribution >= 0.6 is 0 Å². The van der Waals surface area contributed by atoms with Gasteiger partial charge in [0.1, 0.15) is 17.5 Å². The molecule has 0 nitrogen and oxygen atoms in total. The molecule has 4 atom stereocenters. The Morgan fingerprint density at radius 3 is 2.31 bits per heavy atom. The predicted molar refractivity (Wildman–Crippen MR) is 126 cm³/mol. The maximum atomic E-state index is 15.1. The number of hydrogen-bond donors (Lipinski definition) is 0. The topological polar surface area (TPSA) is 0 Å². The highest BCUT2D eigenvalue weighted by molar-refractivity contribution is 5.65. The first-order valence-electron chi connectivity index (χ1n) is 12.0. The van der Waals surface area contributed by atoms with E-state index in [2.05, 4.69) is 12.7 Å². The van der Waals surface area contributed by atoms with Crippen molar-refractivity contribution in [1.29, 1.82) is 0 Å². The van der Waals surface area contributed by atoms with Crippen molar-refractivity contribution in [3.63, 3.8) is 0 Å². The van der Waals surface area contributed by atoms with Gasteiger partial charge in [-0.1, -0.05) is 30.4 Å². The first-order valence-corrected chi connectivity index (χ1v) is 12.0. The molecule has 2 aliphatic rings. The molecule has 2 aliphatic carbocycles. The molecule has 2 saturated carbocycles. The van der Waals surface area contributed by atoms with Crippen LogP contribution in [-0.2, 0) is 6.42 Å². The summed E-state index contributed by atoms with van der Waals surface area (Å²) in [6.07, 6.45) is 13.8. The van der Waals surface area contributed by atoms with Crippen LogP contribution in [0, 0.1) is 35.2 Å². The molecule has 0 N–H and O–H groups in total. The Hall–Kier alpha value is -2.29. The van der Waals surface area contributed by atoms with Gasteiger partial charge >= 0.3 is 0 Å². The summed E-state index contributed by atoms with van der Waals surface area (Å²) in [4.78, 5) is 0. The number of hydrogen-bond acceptors (Lipinski definition) is 0. The first kappa shape index (κ1) is 22.9. The number of fused-ring (bicyclic) bond motifs is 1. The van der Waals surface area contributed by atoms with Gasteiger partial charge in [-0.2, -0.15) is 0 Å². The SMILES string of the molecule is C=CC1CCC2CC(c3ccc(-c4cc(F)c(CC/C=C/C)c(F)c4)c(F)c3)CCC2C1. The van der Waals surface area contributed by atoms with Gasteiger partial charge in [-0.3, -0.25) is 0 Å². The molecular weight excluding hydrogens is 405 g/mol. The van der Waals surface area contributed by atoms with Gasteiger partial charge in [0.25, 0.3) is 0 Å². The lowest BCUT2D eigenvalue weighted by atomic mass is 9.64. The van der Waals surface area contributed by atoms with Crippen LogP contribution in [0.15, 0.2) is 55.1 Å². The average molecular weight is 439 g/mol. The van der Waals surface area contributed by atoms with Gasteiger partial charge in [0.15, 0.2) is 0 Å². The summed E-state index contributed by atoms with van der Waals surface area (Å²) in [5.74, 6) is 0.876. The fourth-order valence-corrected chi connectivity index (χ4v) is 5.85. The van der Waals surface area contributed by atoms with Gasteiger partial charge in [0.2, 0.25) is 0 Å². The second kappa shape index (κ2) is 10.1. The molecule has 2 fully saturated rings. The Labute approximate surface area is 190 Å². The van der Waals surface area contributed by atoms with E-state index in [9.17, 15) is 8.78 Å². The van der Waals surface area contributed by atoms with E-state index < -0.39 is 17.5 Å². The smallest absolute Gasteiger partial charge is 0.131 e. The maximum absolute atomic E-state index is 15.1. The van der Waals surface area contributed by atoms with E-state index in [1.54, 1.807) is 12.1 Å². The molecule has 3 heteroatoms. The Morgan fingerprint density at radius 1 is 0.906 bits per heavy atom. The number of allylic oxidation sites excluding steroid dienone is 3. The molecule has 0 bridgehead atoms. The third kappa shape index (κ3) is 4.87. The number of halogens is 3. The normalized spacial score (nSPS) is 25.6. The van der Waals surface area contributed by atoms with Crippen LogP contribution in [-0.4, -0.2) is 0 Å². The predicted octanol–water partition coefficient (Wildman–Crippen LogP) is 8.77. The Morgan fingerprint density at radius 2 is 1.62 bits per heavy atom. The zero-order chi connectivity index (χ0) is 22.7. The first-order chi connectivity index (χ1) is 15.5. The van der Waals surface area contributed by atoms with Crippen LogP contribution in [0.3, 0.4) is 0 Å². The monoisotopic (exact) mass is 438 g/mol. The van der Waals surface area contributed by atoms with Crippen LogP contribution in [0.25, 0.3) is 11.1 Å². The zero-order valence-corrected chi connectivity index (χ0v) is 18.9. The molecule has 0 saturated heterocycles. The maximum Gasteiger partial charge on any atom is 0.131 e. The molecule has 0 radical (unpaired) electrons. The second-order valence-electron chi connectivity index (χ2n) is 9.60. The lowest BCUT2D eigenvalue weighted by molar-refractivity contribution is 0.133. The van der Waals surface area contributed by atoms with Crippen molar-refractivity contribution in [3.8, 4) is 11.1 Å². The molecule has 170 valence electrons. The van der Waals surface area contributed by atoms with Gasteiger partial charge in [0, 0.05) is 11.1 Å². The van der Waals surface area contributed by atoms with Crippen LogP contribution < -0.4 is 0 Å². The van der Waals surface area contributed by atoms with Crippen molar-refractivity contribution in [2.24, 2.45) is 17.8 Å². The van der Waals surface area contributed by atoms with E-state index >= 15 is 4.39 Å². The molecule has 0 aliphatic heterocycles. The van der Waals surface area contributed by atoms with Crippen molar-refractivity contribution < 1.29 is 13.2 Å². The van der Waals surface area contributed by atoms with Crippen LogP contribution in [0.4, 0.5) is 13.2 Å². The van der Waals surface area contributed by atoms with Crippen molar-refractivity contribution in [1.82, 2.24) is 0 Å². The minimum atomic E-state index is -0.610. The van der Waals surface area contributed by atoms with E-state index in [4.69, 9.17) is 0 Å². The van der Waals surface area contributed by atoms with Crippen molar-refractivity contribution in [3.05, 3.63) is 83.7 Å². The molecule has 0 heterocycles. The summed E-state index contributed by atoms with van der Waals surface area (Å²) in [7, 11) is 0. The van der Waals surface area contributed by atoms with Crippen molar-refractivity contribution in [2.45, 2.75) is 64.2 Å². The summed E-state index contributed by atoms with van der Waals surface area (Å²) < 4.78 is 44.2. The molecule has 4 rings (SSSR count). The van der Waals surface area contributed by atoms with Gasteiger partial charge < -0.3 is 0 Å². The third-order valence-electron chi connectivity index (χ3n) is 7.70. The van der Waals surface area contributed by atoms with E-state index in [1.165, 1.54) is 37.8 Å². The van der Waals surface area contributed by atoms with Crippen LogP contribution in [0.5, 0.6) is 0 Å². The highest BCUT2D eigenvalue weighted by Gasteiger charge is 2.35.